The van der Waals surface area contributed by atoms with Crippen molar-refractivity contribution in [2.45, 2.75) is 66.2 Å². The number of ether oxygens (including phenoxy) is 2. The summed E-state index contributed by atoms with van der Waals surface area (Å²) in [6.45, 7) is 12.9. The summed E-state index contributed by atoms with van der Waals surface area (Å²) in [5.41, 5.74) is 2.61. The molecule has 0 aliphatic carbocycles. The van der Waals surface area contributed by atoms with E-state index < -0.39 is 29.7 Å². The van der Waals surface area contributed by atoms with Gasteiger partial charge in [0.15, 0.2) is 0 Å². The third-order valence-electron chi connectivity index (χ3n) is 5.79. The Hall–Kier alpha value is -3.55. The van der Waals surface area contributed by atoms with Crippen molar-refractivity contribution < 1.29 is 23.9 Å². The van der Waals surface area contributed by atoms with E-state index >= 15 is 0 Å². The quantitative estimate of drug-likeness (QED) is 0.535. The molecule has 2 N–H and O–H groups in total. The lowest BCUT2D eigenvalue weighted by molar-refractivity contribution is -0.140. The lowest BCUT2D eigenvalue weighted by Gasteiger charge is -2.33. The molecule has 0 bridgehead atoms. The van der Waals surface area contributed by atoms with Gasteiger partial charge in [-0.3, -0.25) is 9.59 Å². The largest absolute Gasteiger partial charge is 0.497 e. The van der Waals surface area contributed by atoms with Gasteiger partial charge in [-0.15, -0.1) is 0 Å². The number of aryl methyl sites for hydroxylation is 2. The molecule has 3 amide bonds. The molecule has 2 aromatic carbocycles. The average molecular weight is 498 g/mol. The number of nitrogens with one attached hydrogen (secondary N) is 2. The lowest BCUT2D eigenvalue weighted by Crippen LogP contribution is -2.53. The van der Waals surface area contributed by atoms with Crippen LogP contribution < -0.4 is 15.4 Å². The Kier molecular flexibility index (Phi) is 9.50. The molecule has 0 saturated carbocycles. The van der Waals surface area contributed by atoms with Gasteiger partial charge in [-0.25, -0.2) is 4.79 Å². The van der Waals surface area contributed by atoms with Gasteiger partial charge in [0, 0.05) is 12.7 Å². The molecular weight excluding hydrogens is 458 g/mol. The van der Waals surface area contributed by atoms with Gasteiger partial charge in [0.25, 0.3) is 5.91 Å². The predicted molar refractivity (Wildman–Crippen MR) is 141 cm³/mol. The van der Waals surface area contributed by atoms with E-state index in [1.807, 2.05) is 45.9 Å². The van der Waals surface area contributed by atoms with E-state index in [1.54, 1.807) is 59.2 Å². The van der Waals surface area contributed by atoms with Crippen molar-refractivity contribution in [1.29, 1.82) is 0 Å². The number of benzene rings is 2. The number of likely N-dealkylation sites (N-methyl/N-ethyl adjacent to an activating group) is 1. The molecule has 0 fully saturated rings. The first-order valence-corrected chi connectivity index (χ1v) is 12.0. The van der Waals surface area contributed by atoms with Gasteiger partial charge in [0.2, 0.25) is 5.91 Å². The van der Waals surface area contributed by atoms with Gasteiger partial charge in [-0.05, 0) is 81.5 Å². The molecule has 8 heteroatoms. The molecular formula is C28H39N3O5. The van der Waals surface area contributed by atoms with Gasteiger partial charge in [-0.2, -0.15) is 0 Å². The van der Waals surface area contributed by atoms with Crippen LogP contribution in [0.4, 0.5) is 10.5 Å². The van der Waals surface area contributed by atoms with Crippen molar-refractivity contribution in [1.82, 2.24) is 10.2 Å². The molecule has 2 unspecified atom stereocenters. The summed E-state index contributed by atoms with van der Waals surface area (Å²) in [4.78, 5) is 41.1. The number of nitrogens with zero attached hydrogens (tertiary/aromatic N) is 1. The number of methoxy groups -OCH3 is 1. The highest BCUT2D eigenvalue weighted by Gasteiger charge is 2.35. The van der Waals surface area contributed by atoms with Gasteiger partial charge < -0.3 is 25.0 Å². The SMILES string of the molecule is COc1ccc(NC(=O)C(c2ccc(C)c(C)c2)N(C)C(=O)C(NC(=O)OC(C)(C)C)C(C)C)cc1. The predicted octanol–water partition coefficient (Wildman–Crippen LogP) is 5.00. The molecule has 0 saturated heterocycles. The minimum Gasteiger partial charge on any atom is -0.497 e. The second-order valence-electron chi connectivity index (χ2n) is 10.3. The maximum absolute atomic E-state index is 13.7. The molecule has 0 aliphatic heterocycles. The van der Waals surface area contributed by atoms with Gasteiger partial charge in [-0.1, -0.05) is 32.0 Å². The number of alkyl carbamates (subject to hydrolysis) is 1. The summed E-state index contributed by atoms with van der Waals surface area (Å²) in [5.74, 6) is -0.348. The summed E-state index contributed by atoms with van der Waals surface area (Å²) < 4.78 is 10.5. The van der Waals surface area contributed by atoms with Gasteiger partial charge in [0.1, 0.15) is 23.4 Å². The number of carbonyl (C=O) groups excluding carboxylic acids is 3. The summed E-state index contributed by atoms with van der Waals surface area (Å²) in [5, 5.41) is 5.59. The zero-order valence-electron chi connectivity index (χ0n) is 22.8. The Bertz CT molecular complexity index is 1070. The van der Waals surface area contributed by atoms with Crippen molar-refractivity contribution in [3.05, 3.63) is 59.2 Å². The van der Waals surface area contributed by atoms with Crippen LogP contribution in [0.5, 0.6) is 5.75 Å². The van der Waals surface area contributed by atoms with Crippen molar-refractivity contribution in [2.75, 3.05) is 19.5 Å². The number of anilines is 1. The fourth-order valence-electron chi connectivity index (χ4n) is 3.67. The molecule has 0 heterocycles. The standard InChI is InChI=1S/C28H39N3O5/c1-17(2)23(30-27(34)36-28(5,6)7)26(33)31(8)24(20-11-10-18(3)19(4)16-20)25(32)29-21-12-14-22(35-9)15-13-21/h10-17,23-24H,1-9H3,(H,29,32)(H,30,34). The molecule has 36 heavy (non-hydrogen) atoms. The van der Waals surface area contributed by atoms with E-state index in [2.05, 4.69) is 10.6 Å². The number of amides is 3. The third-order valence-corrected chi connectivity index (χ3v) is 5.79. The second-order valence-corrected chi connectivity index (χ2v) is 10.3. The Balaban J connectivity index is 2.39. The smallest absolute Gasteiger partial charge is 0.408 e. The van der Waals surface area contributed by atoms with E-state index in [-0.39, 0.29) is 11.8 Å². The lowest BCUT2D eigenvalue weighted by atomic mass is 9.97. The molecule has 0 aliphatic rings. The molecule has 2 atom stereocenters. The second kappa shape index (κ2) is 11.9. The van der Waals surface area contributed by atoms with E-state index in [1.165, 1.54) is 4.90 Å². The topological polar surface area (TPSA) is 97.0 Å². The fourth-order valence-corrected chi connectivity index (χ4v) is 3.67. The van der Waals surface area contributed by atoms with Crippen molar-refractivity contribution in [2.24, 2.45) is 5.92 Å². The highest BCUT2D eigenvalue weighted by atomic mass is 16.6. The van der Waals surface area contributed by atoms with Crippen LogP contribution in [0.3, 0.4) is 0 Å². The maximum atomic E-state index is 13.7. The minimum absolute atomic E-state index is 0.238. The highest BCUT2D eigenvalue weighted by molar-refractivity contribution is 5.99. The Labute approximate surface area is 214 Å². The van der Waals surface area contributed by atoms with E-state index in [4.69, 9.17) is 9.47 Å². The molecule has 2 rings (SSSR count). The van der Waals surface area contributed by atoms with Crippen molar-refractivity contribution >= 4 is 23.6 Å². The summed E-state index contributed by atoms with van der Waals surface area (Å²) in [6.07, 6.45) is -0.687. The van der Waals surface area contributed by atoms with Crippen LogP contribution in [0.25, 0.3) is 0 Å². The fraction of sp³-hybridized carbons (Fsp3) is 0.464. The van der Waals surface area contributed by atoms with Crippen LogP contribution in [0.1, 0.15) is 57.4 Å². The van der Waals surface area contributed by atoms with Crippen LogP contribution in [-0.4, -0.2) is 48.6 Å². The number of hydrogen-bond acceptors (Lipinski definition) is 5. The van der Waals surface area contributed by atoms with Gasteiger partial charge in [0.05, 0.1) is 7.11 Å². The number of rotatable bonds is 8. The molecule has 2 aromatic rings. The van der Waals surface area contributed by atoms with Gasteiger partial charge >= 0.3 is 6.09 Å². The van der Waals surface area contributed by atoms with Crippen LogP contribution in [0, 0.1) is 19.8 Å². The third kappa shape index (κ3) is 7.73. The van der Waals surface area contributed by atoms with Crippen LogP contribution >= 0.6 is 0 Å². The normalized spacial score (nSPS) is 12.9. The monoisotopic (exact) mass is 497 g/mol. The number of hydrogen-bond donors (Lipinski definition) is 2. The molecule has 8 nitrogen and oxygen atoms in total. The van der Waals surface area contributed by atoms with Crippen LogP contribution in [0.15, 0.2) is 42.5 Å². The first-order valence-electron chi connectivity index (χ1n) is 12.0. The summed E-state index contributed by atoms with van der Waals surface area (Å²) in [7, 11) is 3.14. The Morgan fingerprint density at radius 1 is 0.944 bits per heavy atom. The molecule has 196 valence electrons. The van der Waals surface area contributed by atoms with Crippen molar-refractivity contribution in [3.63, 3.8) is 0 Å². The van der Waals surface area contributed by atoms with Crippen molar-refractivity contribution in [3.8, 4) is 5.75 Å². The maximum Gasteiger partial charge on any atom is 0.408 e. The highest BCUT2D eigenvalue weighted by Crippen LogP contribution is 2.26. The first-order chi connectivity index (χ1) is 16.7. The Morgan fingerprint density at radius 2 is 1.56 bits per heavy atom. The molecule has 0 spiro atoms. The summed E-state index contributed by atoms with van der Waals surface area (Å²) >= 11 is 0. The van der Waals surface area contributed by atoms with E-state index in [0.717, 1.165) is 11.1 Å². The van der Waals surface area contributed by atoms with E-state index in [0.29, 0.717) is 17.0 Å². The summed E-state index contributed by atoms with van der Waals surface area (Å²) in [6, 6.07) is 10.8. The average Bonchev–Trinajstić information content (AvgIpc) is 2.78. The minimum atomic E-state index is -0.930. The molecule has 0 radical (unpaired) electrons. The van der Waals surface area contributed by atoms with E-state index in [9.17, 15) is 14.4 Å². The van der Waals surface area contributed by atoms with Crippen LogP contribution in [0.2, 0.25) is 0 Å². The molecule has 0 aromatic heterocycles. The first kappa shape index (κ1) is 28.7. The van der Waals surface area contributed by atoms with Crippen LogP contribution in [-0.2, 0) is 14.3 Å². The number of carbonyl (C=O) groups is 3. The Morgan fingerprint density at radius 3 is 2.06 bits per heavy atom. The zero-order chi connectivity index (χ0) is 27.2. The zero-order valence-corrected chi connectivity index (χ0v) is 22.8.